The summed E-state index contributed by atoms with van der Waals surface area (Å²) in [5.74, 6) is 0.504. The van der Waals surface area contributed by atoms with Crippen LogP contribution in [0, 0.1) is 0 Å². The number of rotatable bonds is 2. The zero-order chi connectivity index (χ0) is 13.3. The fourth-order valence-corrected chi connectivity index (χ4v) is 4.11. The third-order valence-electron chi connectivity index (χ3n) is 3.37. The molecule has 1 aliphatic rings. The average molecular weight is 277 g/mol. The molecular weight excluding hydrogens is 262 g/mol. The van der Waals surface area contributed by atoms with Crippen molar-refractivity contribution in [1.82, 2.24) is 10.2 Å². The molecule has 0 spiro atoms. The van der Waals surface area contributed by atoms with E-state index in [1.807, 2.05) is 24.3 Å². The highest BCUT2D eigenvalue weighted by molar-refractivity contribution is 7.91. The van der Waals surface area contributed by atoms with E-state index in [0.29, 0.717) is 5.75 Å². The summed E-state index contributed by atoms with van der Waals surface area (Å²) in [6, 6.07) is 7.67. The van der Waals surface area contributed by atoms with Crippen molar-refractivity contribution >= 4 is 26.4 Å². The molecule has 0 radical (unpaired) electrons. The normalized spacial score (nSPS) is 22.2. The lowest BCUT2D eigenvalue weighted by Gasteiger charge is -2.24. The SMILES string of the molecule is O=S1(=O)CCCC(Nc2cnnc3ccccc23)C1. The summed E-state index contributed by atoms with van der Waals surface area (Å²) in [5, 5.41) is 12.3. The predicted molar refractivity (Wildman–Crippen MR) is 74.8 cm³/mol. The number of fused-ring (bicyclic) bond motifs is 1. The second-order valence-electron chi connectivity index (χ2n) is 4.87. The predicted octanol–water partition coefficient (Wildman–Crippen LogP) is 1.62. The van der Waals surface area contributed by atoms with Crippen LogP contribution in [-0.2, 0) is 9.84 Å². The van der Waals surface area contributed by atoms with Crippen LogP contribution < -0.4 is 5.32 Å². The minimum absolute atomic E-state index is 0.0358. The van der Waals surface area contributed by atoms with E-state index in [1.54, 1.807) is 6.20 Å². The van der Waals surface area contributed by atoms with Gasteiger partial charge in [-0.05, 0) is 18.9 Å². The Morgan fingerprint density at radius 1 is 1.26 bits per heavy atom. The third-order valence-corrected chi connectivity index (χ3v) is 5.19. The topological polar surface area (TPSA) is 72.0 Å². The van der Waals surface area contributed by atoms with Crippen LogP contribution in [0.1, 0.15) is 12.8 Å². The lowest BCUT2D eigenvalue weighted by atomic mass is 10.1. The number of hydrogen-bond acceptors (Lipinski definition) is 5. The van der Waals surface area contributed by atoms with Gasteiger partial charge in [0.1, 0.15) is 0 Å². The second-order valence-corrected chi connectivity index (χ2v) is 7.10. The maximum atomic E-state index is 11.6. The molecule has 3 rings (SSSR count). The Labute approximate surface area is 112 Å². The van der Waals surface area contributed by atoms with Crippen molar-refractivity contribution < 1.29 is 8.42 Å². The fraction of sp³-hybridized carbons (Fsp3) is 0.385. The van der Waals surface area contributed by atoms with Gasteiger partial charge < -0.3 is 5.32 Å². The number of sulfone groups is 1. The Balaban J connectivity index is 1.89. The lowest BCUT2D eigenvalue weighted by Crippen LogP contribution is -2.34. The van der Waals surface area contributed by atoms with Crippen LogP contribution in [-0.4, -0.2) is 36.2 Å². The molecular formula is C13H15N3O2S. The minimum Gasteiger partial charge on any atom is -0.379 e. The molecule has 19 heavy (non-hydrogen) atoms. The van der Waals surface area contributed by atoms with Gasteiger partial charge in [-0.25, -0.2) is 8.42 Å². The molecule has 1 unspecified atom stereocenters. The maximum Gasteiger partial charge on any atom is 0.152 e. The Kier molecular flexibility index (Phi) is 3.10. The van der Waals surface area contributed by atoms with Crippen molar-refractivity contribution in [2.75, 3.05) is 16.8 Å². The Morgan fingerprint density at radius 3 is 2.95 bits per heavy atom. The molecule has 100 valence electrons. The third kappa shape index (κ3) is 2.68. The highest BCUT2D eigenvalue weighted by Crippen LogP contribution is 2.23. The van der Waals surface area contributed by atoms with E-state index in [4.69, 9.17) is 0 Å². The summed E-state index contributed by atoms with van der Waals surface area (Å²) in [6.07, 6.45) is 3.25. The van der Waals surface area contributed by atoms with Gasteiger partial charge in [0.15, 0.2) is 9.84 Å². The largest absolute Gasteiger partial charge is 0.379 e. The first kappa shape index (κ1) is 12.3. The van der Waals surface area contributed by atoms with Crippen molar-refractivity contribution in [3.63, 3.8) is 0 Å². The van der Waals surface area contributed by atoms with Crippen molar-refractivity contribution in [3.8, 4) is 0 Å². The Morgan fingerprint density at radius 2 is 2.11 bits per heavy atom. The van der Waals surface area contributed by atoms with Crippen LogP contribution in [0.4, 0.5) is 5.69 Å². The molecule has 2 aromatic rings. The van der Waals surface area contributed by atoms with Gasteiger partial charge >= 0.3 is 0 Å². The highest BCUT2D eigenvalue weighted by atomic mass is 32.2. The van der Waals surface area contributed by atoms with Crippen LogP contribution in [0.2, 0.25) is 0 Å². The van der Waals surface area contributed by atoms with Crippen LogP contribution >= 0.6 is 0 Å². The molecule has 0 aliphatic carbocycles. The van der Waals surface area contributed by atoms with Crippen molar-refractivity contribution in [2.45, 2.75) is 18.9 Å². The first-order chi connectivity index (χ1) is 9.14. The number of aromatic nitrogens is 2. The smallest absolute Gasteiger partial charge is 0.152 e. The van der Waals surface area contributed by atoms with Crippen LogP contribution in [0.3, 0.4) is 0 Å². The monoisotopic (exact) mass is 277 g/mol. The van der Waals surface area contributed by atoms with Crippen molar-refractivity contribution in [1.29, 1.82) is 0 Å². The first-order valence-corrected chi connectivity index (χ1v) is 8.14. The molecule has 6 heteroatoms. The summed E-state index contributed by atoms with van der Waals surface area (Å²) in [5.41, 5.74) is 1.67. The van der Waals surface area contributed by atoms with E-state index in [2.05, 4.69) is 15.5 Å². The Bertz CT molecular complexity index is 695. The molecule has 2 heterocycles. The minimum atomic E-state index is -2.90. The number of hydrogen-bond donors (Lipinski definition) is 1. The van der Waals surface area contributed by atoms with Gasteiger partial charge in [-0.2, -0.15) is 10.2 Å². The number of anilines is 1. The van der Waals surface area contributed by atoms with Gasteiger partial charge in [-0.15, -0.1) is 0 Å². The molecule has 1 N–H and O–H groups in total. The average Bonchev–Trinajstić information content (AvgIpc) is 2.38. The molecule has 0 bridgehead atoms. The van der Waals surface area contributed by atoms with E-state index in [-0.39, 0.29) is 11.8 Å². The van der Waals surface area contributed by atoms with E-state index in [0.717, 1.165) is 29.4 Å². The molecule has 1 aromatic carbocycles. The quantitative estimate of drug-likeness (QED) is 0.903. The zero-order valence-electron chi connectivity index (χ0n) is 10.4. The number of nitrogens with one attached hydrogen (secondary N) is 1. The molecule has 1 aliphatic heterocycles. The molecule has 0 amide bonds. The Hall–Kier alpha value is -1.69. The maximum absolute atomic E-state index is 11.6. The zero-order valence-corrected chi connectivity index (χ0v) is 11.2. The van der Waals surface area contributed by atoms with Crippen LogP contribution in [0.5, 0.6) is 0 Å². The second kappa shape index (κ2) is 4.77. The van der Waals surface area contributed by atoms with E-state index >= 15 is 0 Å². The summed E-state index contributed by atoms with van der Waals surface area (Å²) in [4.78, 5) is 0. The van der Waals surface area contributed by atoms with Gasteiger partial charge in [-0.3, -0.25) is 0 Å². The van der Waals surface area contributed by atoms with E-state index < -0.39 is 9.84 Å². The summed E-state index contributed by atoms with van der Waals surface area (Å²) < 4.78 is 23.3. The molecule has 5 nitrogen and oxygen atoms in total. The van der Waals surface area contributed by atoms with Gasteiger partial charge in [0.25, 0.3) is 0 Å². The van der Waals surface area contributed by atoms with Crippen molar-refractivity contribution in [2.24, 2.45) is 0 Å². The van der Waals surface area contributed by atoms with Gasteiger partial charge in [-0.1, -0.05) is 18.2 Å². The van der Waals surface area contributed by atoms with E-state index in [9.17, 15) is 8.42 Å². The first-order valence-electron chi connectivity index (χ1n) is 6.31. The number of nitrogens with zero attached hydrogens (tertiary/aromatic N) is 2. The summed E-state index contributed by atoms with van der Waals surface area (Å²) in [6.45, 7) is 0. The lowest BCUT2D eigenvalue weighted by molar-refractivity contribution is 0.562. The van der Waals surface area contributed by atoms with E-state index in [1.165, 1.54) is 0 Å². The van der Waals surface area contributed by atoms with Crippen LogP contribution in [0.15, 0.2) is 30.5 Å². The van der Waals surface area contributed by atoms with Gasteiger partial charge in [0.05, 0.1) is 28.9 Å². The van der Waals surface area contributed by atoms with Gasteiger partial charge in [0.2, 0.25) is 0 Å². The fourth-order valence-electron chi connectivity index (χ4n) is 2.48. The molecule has 1 atom stereocenters. The summed E-state index contributed by atoms with van der Waals surface area (Å²) in [7, 11) is -2.90. The standard InChI is InChI=1S/C13H15N3O2S/c17-19(18)7-3-4-10(9-19)15-13-8-14-16-12-6-2-1-5-11(12)13/h1-2,5-6,8,10H,3-4,7,9H2,(H,15,16). The molecule has 1 saturated heterocycles. The van der Waals surface area contributed by atoms with Crippen LogP contribution in [0.25, 0.3) is 10.9 Å². The molecule has 1 aromatic heterocycles. The van der Waals surface area contributed by atoms with Gasteiger partial charge in [0, 0.05) is 11.4 Å². The molecule has 1 fully saturated rings. The molecule has 0 saturated carbocycles. The number of benzene rings is 1. The highest BCUT2D eigenvalue weighted by Gasteiger charge is 2.24. The summed E-state index contributed by atoms with van der Waals surface area (Å²) >= 11 is 0. The van der Waals surface area contributed by atoms with Crippen molar-refractivity contribution in [3.05, 3.63) is 30.5 Å².